The van der Waals surface area contributed by atoms with Crippen LogP contribution in [0.25, 0.3) is 11.2 Å². The lowest BCUT2D eigenvalue weighted by molar-refractivity contribution is -0.393. The van der Waals surface area contributed by atoms with E-state index in [1.807, 2.05) is 0 Å². The maximum absolute atomic E-state index is 12.3. The van der Waals surface area contributed by atoms with Crippen LogP contribution in [-0.4, -0.2) is 78.2 Å². The van der Waals surface area contributed by atoms with Crippen molar-refractivity contribution in [3.8, 4) is 0 Å². The molecule has 3 aromatic rings. The molecule has 1 saturated heterocycles. The predicted octanol–water partition coefficient (Wildman–Crippen LogP) is 1.03. The number of rotatable bonds is 9. The van der Waals surface area contributed by atoms with E-state index in [1.54, 1.807) is 0 Å². The number of fused-ring (bicyclic) bond motifs is 1. The van der Waals surface area contributed by atoms with Crippen molar-refractivity contribution in [3.63, 3.8) is 0 Å². The van der Waals surface area contributed by atoms with Gasteiger partial charge in [0, 0.05) is 26.8 Å². The van der Waals surface area contributed by atoms with Crippen LogP contribution < -0.4 is 11.1 Å². The first kappa shape index (κ1) is 29.5. The van der Waals surface area contributed by atoms with Crippen LogP contribution in [0.2, 0.25) is 0 Å². The summed E-state index contributed by atoms with van der Waals surface area (Å²) in [6, 6.07) is 1.56. The number of esters is 3. The molecule has 42 heavy (non-hydrogen) atoms. The normalized spacial score (nSPS) is 21.7. The molecule has 19 heteroatoms. The maximum Gasteiger partial charge on any atom is 0.303 e. The zero-order valence-electron chi connectivity index (χ0n) is 22.2. The lowest BCUT2D eigenvalue weighted by Crippen LogP contribution is -2.61. The van der Waals surface area contributed by atoms with E-state index in [0.29, 0.717) is 0 Å². The number of non-ortho nitro benzene ring substituents is 1. The SMILES string of the molecule is CC(=O)OC[C@H]1O[C@@H](n2cnc3c(N)ncnc32)[C@@H](Nc2ccc([N+](=O)[O-])cc2[N+](=O)[O-])[C@@H](OC(C)=O)[C@H]1OC(C)=O. The second-order valence-electron chi connectivity index (χ2n) is 8.98. The number of benzene rings is 1. The number of nitro groups is 2. The van der Waals surface area contributed by atoms with Gasteiger partial charge in [-0.05, 0) is 6.07 Å². The fraction of sp³-hybridized carbons (Fsp3) is 0.391. The van der Waals surface area contributed by atoms with Crippen molar-refractivity contribution in [1.29, 1.82) is 0 Å². The number of hydrogen-bond acceptors (Lipinski definition) is 16. The largest absolute Gasteiger partial charge is 0.463 e. The Labute approximate surface area is 235 Å². The second-order valence-corrected chi connectivity index (χ2v) is 8.98. The molecule has 1 aliphatic rings. The highest BCUT2D eigenvalue weighted by atomic mass is 16.6. The van der Waals surface area contributed by atoms with Crippen LogP contribution in [0, 0.1) is 20.2 Å². The first-order valence-electron chi connectivity index (χ1n) is 12.1. The van der Waals surface area contributed by atoms with E-state index < -0.39 is 76.3 Å². The predicted molar refractivity (Wildman–Crippen MR) is 139 cm³/mol. The van der Waals surface area contributed by atoms with E-state index in [2.05, 4.69) is 20.3 Å². The number of imidazole rings is 1. The third-order valence-corrected chi connectivity index (χ3v) is 6.09. The van der Waals surface area contributed by atoms with Gasteiger partial charge >= 0.3 is 17.9 Å². The van der Waals surface area contributed by atoms with E-state index in [1.165, 1.54) is 10.9 Å². The van der Waals surface area contributed by atoms with Gasteiger partial charge in [-0.2, -0.15) is 0 Å². The smallest absolute Gasteiger partial charge is 0.303 e. The molecule has 1 aromatic carbocycles. The lowest BCUT2D eigenvalue weighted by Gasteiger charge is -2.45. The zero-order valence-corrected chi connectivity index (χ0v) is 22.2. The summed E-state index contributed by atoms with van der Waals surface area (Å²) < 4.78 is 23.8. The molecule has 222 valence electrons. The molecule has 5 atom stereocenters. The summed E-state index contributed by atoms with van der Waals surface area (Å²) in [4.78, 5) is 69.9. The monoisotopic (exact) mass is 588 g/mol. The van der Waals surface area contributed by atoms with Crippen LogP contribution in [0.3, 0.4) is 0 Å². The third kappa shape index (κ3) is 6.14. The van der Waals surface area contributed by atoms with Gasteiger partial charge < -0.3 is 30.0 Å². The number of nitrogens with two attached hydrogens (primary N) is 1. The molecule has 1 fully saturated rings. The molecule has 0 amide bonds. The summed E-state index contributed by atoms with van der Waals surface area (Å²) in [5.41, 5.74) is 4.80. The van der Waals surface area contributed by atoms with Crippen LogP contribution in [0.1, 0.15) is 27.0 Å². The Kier molecular flexibility index (Phi) is 8.41. The van der Waals surface area contributed by atoms with Crippen LogP contribution in [0.15, 0.2) is 30.9 Å². The molecular formula is C23H24N8O11. The standard InChI is InChI=1S/C23H24N8O11/c1-10(32)39-7-16-19(40-11(2)33)20(41-12(3)34)17(28-14-5-4-13(30(35)36)6-15(14)31(37)38)23(42-16)29-9-27-18-21(24)25-8-26-22(18)29/h4-6,8-9,16-17,19-20,23,28H,7H2,1-3H3,(H2,24,25,26)/t16-,17+,19+,20-,23-/m1/s1. The van der Waals surface area contributed by atoms with E-state index in [4.69, 9.17) is 24.7 Å². The first-order valence-corrected chi connectivity index (χ1v) is 12.1. The van der Waals surface area contributed by atoms with E-state index in [0.717, 1.165) is 45.3 Å². The molecule has 4 rings (SSSR count). The van der Waals surface area contributed by atoms with Crippen molar-refractivity contribution < 1.29 is 43.2 Å². The fourth-order valence-electron chi connectivity index (χ4n) is 4.45. The number of anilines is 2. The highest BCUT2D eigenvalue weighted by Crippen LogP contribution is 2.38. The van der Waals surface area contributed by atoms with Crippen LogP contribution >= 0.6 is 0 Å². The molecule has 0 unspecified atom stereocenters. The summed E-state index contributed by atoms with van der Waals surface area (Å²) >= 11 is 0. The quantitative estimate of drug-likeness (QED) is 0.153. The van der Waals surface area contributed by atoms with Crippen LogP contribution in [-0.2, 0) is 33.3 Å². The number of carbonyl (C=O) groups is 3. The molecule has 19 nitrogen and oxygen atoms in total. The molecule has 0 bridgehead atoms. The molecule has 3 heterocycles. The highest BCUT2D eigenvalue weighted by molar-refractivity contribution is 5.81. The zero-order chi connectivity index (χ0) is 30.7. The fourth-order valence-corrected chi connectivity index (χ4v) is 4.45. The number of carbonyl (C=O) groups excluding carboxylic acids is 3. The van der Waals surface area contributed by atoms with Crippen molar-refractivity contribution >= 4 is 52.0 Å². The van der Waals surface area contributed by atoms with Gasteiger partial charge in [-0.25, -0.2) is 15.0 Å². The highest BCUT2D eigenvalue weighted by Gasteiger charge is 2.52. The Morgan fingerprint density at radius 3 is 2.33 bits per heavy atom. The minimum Gasteiger partial charge on any atom is -0.463 e. The first-order chi connectivity index (χ1) is 19.9. The number of nitrogens with one attached hydrogen (secondary N) is 1. The summed E-state index contributed by atoms with van der Waals surface area (Å²) in [6.45, 7) is 2.87. The Balaban J connectivity index is 1.91. The average molecular weight is 588 g/mol. The van der Waals surface area contributed by atoms with Gasteiger partial charge in [-0.1, -0.05) is 0 Å². The molecule has 0 spiro atoms. The number of aromatic nitrogens is 4. The van der Waals surface area contributed by atoms with Gasteiger partial charge in [0.05, 0.1) is 22.2 Å². The van der Waals surface area contributed by atoms with Crippen LogP contribution in [0.5, 0.6) is 0 Å². The second kappa shape index (κ2) is 12.0. The van der Waals surface area contributed by atoms with Gasteiger partial charge in [-0.3, -0.25) is 39.2 Å². The van der Waals surface area contributed by atoms with Crippen molar-refractivity contribution in [2.45, 2.75) is 51.4 Å². The Morgan fingerprint density at radius 2 is 1.71 bits per heavy atom. The molecule has 2 aromatic heterocycles. The van der Waals surface area contributed by atoms with Crippen molar-refractivity contribution in [2.24, 2.45) is 0 Å². The van der Waals surface area contributed by atoms with E-state index >= 15 is 0 Å². The summed E-state index contributed by atoms with van der Waals surface area (Å²) in [7, 11) is 0. The Bertz CT molecular complexity index is 1560. The molecule has 1 aliphatic heterocycles. The minimum absolute atomic E-state index is 0.0239. The van der Waals surface area contributed by atoms with E-state index in [9.17, 15) is 34.6 Å². The molecule has 3 N–H and O–H groups in total. The summed E-state index contributed by atoms with van der Waals surface area (Å²) in [5, 5.41) is 26.0. The van der Waals surface area contributed by atoms with Crippen molar-refractivity contribution in [3.05, 3.63) is 51.1 Å². The van der Waals surface area contributed by atoms with Gasteiger partial charge in [0.2, 0.25) is 0 Å². The number of nitrogen functional groups attached to an aromatic ring is 1. The van der Waals surface area contributed by atoms with Crippen molar-refractivity contribution in [1.82, 2.24) is 19.5 Å². The van der Waals surface area contributed by atoms with E-state index in [-0.39, 0.29) is 22.7 Å². The third-order valence-electron chi connectivity index (χ3n) is 6.09. The topological polar surface area (TPSA) is 256 Å². The van der Waals surface area contributed by atoms with Gasteiger partial charge in [0.1, 0.15) is 36.3 Å². The van der Waals surface area contributed by atoms with Gasteiger partial charge in [0.15, 0.2) is 29.9 Å². The maximum atomic E-state index is 12.3. The Morgan fingerprint density at radius 1 is 1.02 bits per heavy atom. The number of nitro benzene ring substituents is 2. The van der Waals surface area contributed by atoms with Gasteiger partial charge in [-0.15, -0.1) is 0 Å². The molecule has 0 saturated carbocycles. The summed E-state index contributed by atoms with van der Waals surface area (Å²) in [5.74, 6) is -2.29. The minimum atomic E-state index is -1.43. The molecule has 0 aliphatic carbocycles. The number of hydrogen-bond donors (Lipinski definition) is 2. The Hall–Kier alpha value is -5.46. The number of nitrogens with zero attached hydrogens (tertiary/aromatic N) is 6. The van der Waals surface area contributed by atoms with Gasteiger partial charge in [0.25, 0.3) is 11.4 Å². The lowest BCUT2D eigenvalue weighted by atomic mass is 9.94. The van der Waals surface area contributed by atoms with Crippen LogP contribution in [0.4, 0.5) is 22.9 Å². The molecular weight excluding hydrogens is 564 g/mol. The average Bonchev–Trinajstić information content (AvgIpc) is 3.34. The van der Waals surface area contributed by atoms with Crippen molar-refractivity contribution in [2.75, 3.05) is 17.7 Å². The molecule has 0 radical (unpaired) electrons. The summed E-state index contributed by atoms with van der Waals surface area (Å²) in [6.07, 6.45) is -2.92. The number of ether oxygens (including phenoxy) is 4.